The van der Waals surface area contributed by atoms with Gasteiger partial charge in [-0.1, -0.05) is 35.0 Å². The van der Waals surface area contributed by atoms with Crippen molar-refractivity contribution in [1.82, 2.24) is 9.80 Å². The van der Waals surface area contributed by atoms with Crippen molar-refractivity contribution >= 4 is 21.8 Å². The van der Waals surface area contributed by atoms with Gasteiger partial charge in [0, 0.05) is 30.7 Å². The Morgan fingerprint density at radius 2 is 1.70 bits per heavy atom. The molecule has 1 aromatic carbocycles. The van der Waals surface area contributed by atoms with E-state index in [1.807, 2.05) is 43.0 Å². The molecule has 4 heteroatoms. The van der Waals surface area contributed by atoms with E-state index < -0.39 is 5.41 Å². The Morgan fingerprint density at radius 1 is 1.15 bits per heavy atom. The molecule has 0 aliphatic carbocycles. The Morgan fingerprint density at radius 3 is 2.20 bits per heavy atom. The molecular formula is C16H23BrN2O. The van der Waals surface area contributed by atoms with Crippen molar-refractivity contribution in [3.63, 3.8) is 0 Å². The van der Waals surface area contributed by atoms with Crippen molar-refractivity contribution in [2.75, 3.05) is 32.7 Å². The van der Waals surface area contributed by atoms with Crippen LogP contribution < -0.4 is 0 Å². The molecule has 0 aromatic heterocycles. The van der Waals surface area contributed by atoms with Crippen LogP contribution in [0.5, 0.6) is 0 Å². The van der Waals surface area contributed by atoms with Crippen molar-refractivity contribution < 1.29 is 4.79 Å². The van der Waals surface area contributed by atoms with Crippen LogP contribution in [-0.4, -0.2) is 48.4 Å². The highest BCUT2D eigenvalue weighted by Crippen LogP contribution is 2.27. The fourth-order valence-corrected chi connectivity index (χ4v) is 2.92. The second kappa shape index (κ2) is 6.27. The zero-order valence-corrected chi connectivity index (χ0v) is 14.1. The van der Waals surface area contributed by atoms with Crippen LogP contribution in [0.25, 0.3) is 0 Å². The first-order chi connectivity index (χ1) is 9.45. The first-order valence-electron chi connectivity index (χ1n) is 7.23. The number of hydrogen-bond donors (Lipinski definition) is 0. The molecule has 0 spiro atoms. The summed E-state index contributed by atoms with van der Waals surface area (Å²) in [6.07, 6.45) is 0. The van der Waals surface area contributed by atoms with Gasteiger partial charge in [0.05, 0.1) is 5.41 Å². The van der Waals surface area contributed by atoms with Crippen LogP contribution in [0.4, 0.5) is 0 Å². The van der Waals surface area contributed by atoms with Crippen molar-refractivity contribution in [1.29, 1.82) is 0 Å². The van der Waals surface area contributed by atoms with E-state index in [1.54, 1.807) is 0 Å². The number of hydrogen-bond acceptors (Lipinski definition) is 2. The Bertz CT molecular complexity index is 462. The van der Waals surface area contributed by atoms with Crippen LogP contribution in [0.15, 0.2) is 28.7 Å². The normalized spacial score (nSPS) is 17.3. The third-order valence-corrected chi connectivity index (χ3v) is 4.74. The first kappa shape index (κ1) is 15.5. The standard InChI is InChI=1S/C16H23BrN2O/c1-4-18-9-11-19(12-10-18)15(20)16(2,3)13-5-7-14(17)8-6-13/h5-8H,4,9-12H2,1-3H3. The Labute approximate surface area is 130 Å². The summed E-state index contributed by atoms with van der Waals surface area (Å²) in [7, 11) is 0. The van der Waals surface area contributed by atoms with E-state index in [1.165, 1.54) is 0 Å². The van der Waals surface area contributed by atoms with Gasteiger partial charge in [0.2, 0.25) is 5.91 Å². The third-order valence-electron chi connectivity index (χ3n) is 4.21. The Balaban J connectivity index is 2.09. The minimum atomic E-state index is -0.463. The van der Waals surface area contributed by atoms with E-state index in [9.17, 15) is 4.79 Å². The SMILES string of the molecule is CCN1CCN(C(=O)C(C)(C)c2ccc(Br)cc2)CC1. The molecule has 0 radical (unpaired) electrons. The number of carbonyl (C=O) groups is 1. The first-order valence-corrected chi connectivity index (χ1v) is 8.02. The van der Waals surface area contributed by atoms with Crippen LogP contribution >= 0.6 is 15.9 Å². The average Bonchev–Trinajstić information content (AvgIpc) is 2.47. The van der Waals surface area contributed by atoms with Crippen LogP contribution in [0.2, 0.25) is 0 Å². The zero-order valence-electron chi connectivity index (χ0n) is 12.5. The summed E-state index contributed by atoms with van der Waals surface area (Å²) in [5.41, 5.74) is 0.610. The highest BCUT2D eigenvalue weighted by Gasteiger charge is 2.34. The predicted octanol–water partition coefficient (Wildman–Crippen LogP) is 2.89. The van der Waals surface area contributed by atoms with Crippen molar-refractivity contribution in [2.24, 2.45) is 0 Å². The third kappa shape index (κ3) is 3.23. The van der Waals surface area contributed by atoms with Gasteiger partial charge in [0.25, 0.3) is 0 Å². The summed E-state index contributed by atoms with van der Waals surface area (Å²) in [4.78, 5) is 17.2. The van der Waals surface area contributed by atoms with Gasteiger partial charge >= 0.3 is 0 Å². The summed E-state index contributed by atoms with van der Waals surface area (Å²) in [6, 6.07) is 8.06. The number of nitrogens with zero attached hydrogens (tertiary/aromatic N) is 2. The molecule has 1 saturated heterocycles. The van der Waals surface area contributed by atoms with Crippen LogP contribution in [-0.2, 0) is 10.2 Å². The lowest BCUT2D eigenvalue weighted by molar-refractivity contribution is -0.138. The molecule has 1 aliphatic heterocycles. The largest absolute Gasteiger partial charge is 0.339 e. The highest BCUT2D eigenvalue weighted by atomic mass is 79.9. The molecule has 20 heavy (non-hydrogen) atoms. The smallest absolute Gasteiger partial charge is 0.232 e. The van der Waals surface area contributed by atoms with Crippen LogP contribution in [0.1, 0.15) is 26.3 Å². The van der Waals surface area contributed by atoms with Gasteiger partial charge in [-0.2, -0.15) is 0 Å². The van der Waals surface area contributed by atoms with Gasteiger partial charge in [-0.3, -0.25) is 4.79 Å². The fraction of sp³-hybridized carbons (Fsp3) is 0.562. The maximum absolute atomic E-state index is 12.8. The molecule has 110 valence electrons. The van der Waals surface area contributed by atoms with Crippen molar-refractivity contribution in [2.45, 2.75) is 26.2 Å². The van der Waals surface area contributed by atoms with Crippen molar-refractivity contribution in [3.05, 3.63) is 34.3 Å². The minimum absolute atomic E-state index is 0.232. The Hall–Kier alpha value is -0.870. The Kier molecular flexibility index (Phi) is 4.86. The van der Waals surface area contributed by atoms with Gasteiger partial charge in [-0.25, -0.2) is 0 Å². The molecule has 0 saturated carbocycles. The molecule has 0 unspecified atom stereocenters. The molecular weight excluding hydrogens is 316 g/mol. The number of benzene rings is 1. The molecule has 0 bridgehead atoms. The van der Waals surface area contributed by atoms with E-state index in [2.05, 4.69) is 27.8 Å². The summed E-state index contributed by atoms with van der Waals surface area (Å²) >= 11 is 3.44. The molecule has 1 fully saturated rings. The van der Waals surface area contributed by atoms with E-state index in [-0.39, 0.29) is 5.91 Å². The molecule has 3 nitrogen and oxygen atoms in total. The van der Waals surface area contributed by atoms with E-state index >= 15 is 0 Å². The van der Waals surface area contributed by atoms with Gasteiger partial charge in [-0.05, 0) is 38.1 Å². The number of likely N-dealkylation sites (N-methyl/N-ethyl adjacent to an activating group) is 1. The second-order valence-electron chi connectivity index (χ2n) is 5.86. The average molecular weight is 339 g/mol. The summed E-state index contributed by atoms with van der Waals surface area (Å²) in [5.74, 6) is 0.232. The van der Waals surface area contributed by atoms with Gasteiger partial charge in [0.1, 0.15) is 0 Å². The van der Waals surface area contributed by atoms with Crippen LogP contribution in [0, 0.1) is 0 Å². The lowest BCUT2D eigenvalue weighted by Crippen LogP contribution is -2.53. The monoisotopic (exact) mass is 338 g/mol. The zero-order chi connectivity index (χ0) is 14.8. The van der Waals surface area contributed by atoms with Crippen molar-refractivity contribution in [3.8, 4) is 0 Å². The maximum Gasteiger partial charge on any atom is 0.232 e. The molecule has 0 N–H and O–H groups in total. The van der Waals surface area contributed by atoms with Gasteiger partial charge < -0.3 is 9.80 Å². The van der Waals surface area contributed by atoms with E-state index in [4.69, 9.17) is 0 Å². The predicted molar refractivity (Wildman–Crippen MR) is 85.9 cm³/mol. The van der Waals surface area contributed by atoms with E-state index in [0.717, 1.165) is 42.8 Å². The molecule has 1 aliphatic rings. The van der Waals surface area contributed by atoms with Gasteiger partial charge in [0.15, 0.2) is 0 Å². The van der Waals surface area contributed by atoms with E-state index in [0.29, 0.717) is 0 Å². The van der Waals surface area contributed by atoms with Crippen LogP contribution in [0.3, 0.4) is 0 Å². The lowest BCUT2D eigenvalue weighted by atomic mass is 9.83. The second-order valence-corrected chi connectivity index (χ2v) is 6.77. The number of piperazine rings is 1. The number of halogens is 1. The lowest BCUT2D eigenvalue weighted by Gasteiger charge is -2.38. The molecule has 0 atom stereocenters. The van der Waals surface area contributed by atoms with Gasteiger partial charge in [-0.15, -0.1) is 0 Å². The summed E-state index contributed by atoms with van der Waals surface area (Å²) in [6.45, 7) is 10.9. The molecule has 1 aromatic rings. The molecule has 2 rings (SSSR count). The number of rotatable bonds is 3. The number of amides is 1. The quantitative estimate of drug-likeness (QED) is 0.845. The fourth-order valence-electron chi connectivity index (χ4n) is 2.65. The summed E-state index contributed by atoms with van der Waals surface area (Å²) < 4.78 is 1.04. The highest BCUT2D eigenvalue weighted by molar-refractivity contribution is 9.10. The number of carbonyl (C=O) groups excluding carboxylic acids is 1. The topological polar surface area (TPSA) is 23.6 Å². The minimum Gasteiger partial charge on any atom is -0.339 e. The summed E-state index contributed by atoms with van der Waals surface area (Å²) in [5, 5.41) is 0. The maximum atomic E-state index is 12.8. The molecule has 1 heterocycles. The molecule has 1 amide bonds.